The monoisotopic (exact) mass is 249 g/mol. The van der Waals surface area contributed by atoms with Crippen LogP contribution in [0.15, 0.2) is 18.2 Å². The highest BCUT2D eigenvalue weighted by atomic mass is 35.5. The van der Waals surface area contributed by atoms with Gasteiger partial charge in [0, 0.05) is 10.7 Å². The first-order valence-corrected chi connectivity index (χ1v) is 5.71. The van der Waals surface area contributed by atoms with Gasteiger partial charge in [0.25, 0.3) is 10.1 Å². The first kappa shape index (κ1) is 12.0. The molecule has 0 fully saturated rings. The smallest absolute Gasteiger partial charge is 0.279 e. The summed E-state index contributed by atoms with van der Waals surface area (Å²) in [5.74, 6) is 0. The molecule has 0 aromatic heterocycles. The Kier molecular flexibility index (Phi) is 3.33. The predicted octanol–water partition coefficient (Wildman–Crippen LogP) is 1.05. The van der Waals surface area contributed by atoms with E-state index in [0.29, 0.717) is 5.69 Å². The number of hydrogen-bond acceptors (Lipinski definition) is 4. The first-order valence-electron chi connectivity index (χ1n) is 3.83. The van der Waals surface area contributed by atoms with Gasteiger partial charge in [-0.3, -0.25) is 4.55 Å². The van der Waals surface area contributed by atoms with E-state index in [2.05, 4.69) is 0 Å². The molecule has 1 unspecified atom stereocenters. The third-order valence-electron chi connectivity index (χ3n) is 1.78. The van der Waals surface area contributed by atoms with Crippen LogP contribution in [0.25, 0.3) is 0 Å². The Labute approximate surface area is 91.6 Å². The number of aldehydes is 1. The molecule has 1 atom stereocenters. The van der Waals surface area contributed by atoms with Crippen LogP contribution in [0.4, 0.5) is 5.69 Å². The summed E-state index contributed by atoms with van der Waals surface area (Å²) in [6, 6.07) is 3.98. The third-order valence-corrected chi connectivity index (χ3v) is 3.11. The molecule has 0 spiro atoms. The van der Waals surface area contributed by atoms with Crippen molar-refractivity contribution in [3.8, 4) is 0 Å². The van der Waals surface area contributed by atoms with Crippen LogP contribution in [-0.4, -0.2) is 19.3 Å². The van der Waals surface area contributed by atoms with E-state index >= 15 is 0 Å². The molecule has 1 aromatic carbocycles. The van der Waals surface area contributed by atoms with Gasteiger partial charge in [0.05, 0.1) is 0 Å². The minimum atomic E-state index is -4.50. The molecular formula is C8H8ClNO4S. The average molecular weight is 250 g/mol. The van der Waals surface area contributed by atoms with Gasteiger partial charge in [0.1, 0.15) is 6.29 Å². The standard InChI is InChI=1S/C8H8ClNO4S/c9-7-3-5(10)1-2-6(7)8(4-11)15(12,13)14/h1-4,8H,10H2,(H,12,13,14). The molecule has 0 heterocycles. The van der Waals surface area contributed by atoms with Gasteiger partial charge in [-0.2, -0.15) is 8.42 Å². The zero-order chi connectivity index (χ0) is 11.6. The van der Waals surface area contributed by atoms with E-state index in [4.69, 9.17) is 21.9 Å². The number of anilines is 1. The Balaban J connectivity index is 3.32. The van der Waals surface area contributed by atoms with Gasteiger partial charge in [-0.15, -0.1) is 0 Å². The lowest BCUT2D eigenvalue weighted by molar-refractivity contribution is -0.107. The second-order valence-electron chi connectivity index (χ2n) is 2.85. The fourth-order valence-corrected chi connectivity index (χ4v) is 2.12. The molecule has 1 rings (SSSR count). The molecule has 3 N–H and O–H groups in total. The Bertz CT molecular complexity index is 485. The summed E-state index contributed by atoms with van der Waals surface area (Å²) in [6.07, 6.45) is 0.104. The second kappa shape index (κ2) is 4.18. The summed E-state index contributed by atoms with van der Waals surface area (Å²) < 4.78 is 30.4. The van der Waals surface area contributed by atoms with E-state index in [1.165, 1.54) is 18.2 Å². The molecule has 0 amide bonds. The highest BCUT2D eigenvalue weighted by Gasteiger charge is 2.26. The van der Waals surface area contributed by atoms with Crippen molar-refractivity contribution in [2.75, 3.05) is 5.73 Å². The van der Waals surface area contributed by atoms with Crippen LogP contribution < -0.4 is 5.73 Å². The van der Waals surface area contributed by atoms with Crippen molar-refractivity contribution in [1.29, 1.82) is 0 Å². The van der Waals surface area contributed by atoms with E-state index < -0.39 is 15.4 Å². The number of benzene rings is 1. The maximum absolute atomic E-state index is 10.8. The van der Waals surface area contributed by atoms with Crippen molar-refractivity contribution < 1.29 is 17.8 Å². The molecule has 15 heavy (non-hydrogen) atoms. The van der Waals surface area contributed by atoms with Crippen LogP contribution in [0, 0.1) is 0 Å². The maximum Gasteiger partial charge on any atom is 0.279 e. The lowest BCUT2D eigenvalue weighted by Gasteiger charge is -2.09. The summed E-state index contributed by atoms with van der Waals surface area (Å²) in [5, 5.41) is -1.66. The van der Waals surface area contributed by atoms with Crippen molar-refractivity contribution in [3.05, 3.63) is 28.8 Å². The Morgan fingerprint density at radius 2 is 2.07 bits per heavy atom. The SMILES string of the molecule is Nc1ccc(C(C=O)S(=O)(=O)O)c(Cl)c1. The molecule has 7 heteroatoms. The minimum absolute atomic E-state index is 0.00312. The van der Waals surface area contributed by atoms with Crippen LogP contribution in [0.1, 0.15) is 10.8 Å². The molecule has 0 bridgehead atoms. The van der Waals surface area contributed by atoms with Crippen LogP contribution in [0.5, 0.6) is 0 Å². The Morgan fingerprint density at radius 1 is 1.47 bits per heavy atom. The summed E-state index contributed by atoms with van der Waals surface area (Å²) in [6.45, 7) is 0. The summed E-state index contributed by atoms with van der Waals surface area (Å²) in [5.41, 5.74) is 5.73. The van der Waals surface area contributed by atoms with Gasteiger partial charge in [0.2, 0.25) is 0 Å². The van der Waals surface area contributed by atoms with Gasteiger partial charge in [-0.05, 0) is 17.7 Å². The quantitative estimate of drug-likeness (QED) is 0.474. The van der Waals surface area contributed by atoms with E-state index in [-0.39, 0.29) is 16.9 Å². The van der Waals surface area contributed by atoms with Gasteiger partial charge in [-0.1, -0.05) is 17.7 Å². The number of carbonyl (C=O) groups is 1. The number of rotatable bonds is 3. The van der Waals surface area contributed by atoms with Crippen LogP contribution in [0.3, 0.4) is 0 Å². The molecule has 5 nitrogen and oxygen atoms in total. The van der Waals surface area contributed by atoms with Crippen LogP contribution in [-0.2, 0) is 14.9 Å². The summed E-state index contributed by atoms with van der Waals surface area (Å²) in [4.78, 5) is 10.6. The highest BCUT2D eigenvalue weighted by molar-refractivity contribution is 7.86. The second-order valence-corrected chi connectivity index (χ2v) is 4.80. The van der Waals surface area contributed by atoms with Gasteiger partial charge < -0.3 is 10.5 Å². The number of halogens is 1. The molecule has 82 valence electrons. The third kappa shape index (κ3) is 2.68. The average Bonchev–Trinajstić information content (AvgIpc) is 2.07. The molecule has 0 aliphatic rings. The van der Waals surface area contributed by atoms with Gasteiger partial charge >= 0.3 is 0 Å². The molecule has 0 saturated carbocycles. The van der Waals surface area contributed by atoms with Crippen molar-refractivity contribution in [3.63, 3.8) is 0 Å². The fraction of sp³-hybridized carbons (Fsp3) is 0.125. The largest absolute Gasteiger partial charge is 0.399 e. The van der Waals surface area contributed by atoms with Crippen LogP contribution >= 0.6 is 11.6 Å². The van der Waals surface area contributed by atoms with E-state index in [9.17, 15) is 13.2 Å². The first-order chi connectivity index (χ1) is 6.86. The topological polar surface area (TPSA) is 97.5 Å². The van der Waals surface area contributed by atoms with Crippen molar-refractivity contribution in [2.24, 2.45) is 0 Å². The fourth-order valence-electron chi connectivity index (χ4n) is 1.08. The van der Waals surface area contributed by atoms with E-state index in [1.54, 1.807) is 0 Å². The summed E-state index contributed by atoms with van der Waals surface area (Å²) >= 11 is 5.69. The molecule has 0 radical (unpaired) electrons. The normalized spacial score (nSPS) is 13.5. The van der Waals surface area contributed by atoms with E-state index in [1.807, 2.05) is 0 Å². The van der Waals surface area contributed by atoms with E-state index in [0.717, 1.165) is 0 Å². The number of hydrogen-bond donors (Lipinski definition) is 2. The van der Waals surface area contributed by atoms with Crippen LogP contribution in [0.2, 0.25) is 5.02 Å². The zero-order valence-electron chi connectivity index (χ0n) is 7.42. The maximum atomic E-state index is 10.8. The van der Waals surface area contributed by atoms with Crippen molar-refractivity contribution >= 4 is 33.7 Å². The number of nitrogens with two attached hydrogens (primary N) is 1. The molecule has 1 aromatic rings. The number of nitrogen functional groups attached to an aromatic ring is 1. The molecular weight excluding hydrogens is 242 g/mol. The lowest BCUT2D eigenvalue weighted by Crippen LogP contribution is -2.14. The van der Waals surface area contributed by atoms with Crippen molar-refractivity contribution in [1.82, 2.24) is 0 Å². The van der Waals surface area contributed by atoms with Crippen molar-refractivity contribution in [2.45, 2.75) is 5.25 Å². The van der Waals surface area contributed by atoms with Gasteiger partial charge in [-0.25, -0.2) is 0 Å². The lowest BCUT2D eigenvalue weighted by atomic mass is 10.1. The number of carbonyl (C=O) groups excluding carboxylic acids is 1. The Hall–Kier alpha value is -1.11. The molecule has 0 aliphatic heterocycles. The van der Waals surface area contributed by atoms with Gasteiger partial charge in [0.15, 0.2) is 5.25 Å². The predicted molar refractivity (Wildman–Crippen MR) is 56.2 cm³/mol. The molecule has 0 saturated heterocycles. The minimum Gasteiger partial charge on any atom is -0.399 e. The summed E-state index contributed by atoms with van der Waals surface area (Å²) in [7, 11) is -4.50. The highest BCUT2D eigenvalue weighted by Crippen LogP contribution is 2.28. The zero-order valence-corrected chi connectivity index (χ0v) is 8.99. The Morgan fingerprint density at radius 3 is 2.47 bits per heavy atom. The molecule has 0 aliphatic carbocycles.